The van der Waals surface area contributed by atoms with Crippen molar-refractivity contribution in [3.8, 4) is 0 Å². The largest absolute Gasteiger partial charge is 0.332 e. The highest BCUT2D eigenvalue weighted by atomic mass is 15.2. The van der Waals surface area contributed by atoms with Crippen LogP contribution in [-0.2, 0) is 0 Å². The molecule has 2 nitrogen and oxygen atoms in total. The summed E-state index contributed by atoms with van der Waals surface area (Å²) in [6, 6.07) is 0. The van der Waals surface area contributed by atoms with Crippen molar-refractivity contribution in [3.05, 3.63) is 12.3 Å². The molecule has 5 heavy (non-hydrogen) atoms. The van der Waals surface area contributed by atoms with E-state index in [0.717, 1.165) is 0 Å². The van der Waals surface area contributed by atoms with Crippen LogP contribution in [0.2, 0.25) is 0 Å². The summed E-state index contributed by atoms with van der Waals surface area (Å²) >= 11 is 0. The monoisotopic (exact) mass is 72.1 g/mol. The van der Waals surface area contributed by atoms with Gasteiger partial charge in [0.1, 0.15) is 0 Å². The highest BCUT2D eigenvalue weighted by molar-refractivity contribution is 4.69. The van der Waals surface area contributed by atoms with E-state index in [4.69, 9.17) is 5.84 Å². The van der Waals surface area contributed by atoms with Crippen molar-refractivity contribution in [1.29, 1.82) is 0 Å². The average Bonchev–Trinajstić information content (AvgIpc) is 1.41. The number of hydrogen-bond donors (Lipinski definition) is 2. The Morgan fingerprint density at radius 1 is 1.80 bits per heavy atom. The molecule has 0 bridgehead atoms. The fourth-order valence-electron chi connectivity index (χ4n) is 0.0962. The first-order chi connectivity index (χ1) is 2.41. The minimum Gasteiger partial charge on any atom is -0.332 e. The van der Waals surface area contributed by atoms with Gasteiger partial charge in [-0.1, -0.05) is 6.08 Å². The zero-order valence-electron chi connectivity index (χ0n) is 3.23. The molecule has 0 unspecified atom stereocenters. The number of nitrogens with one attached hydrogen (secondary N) is 1. The van der Waals surface area contributed by atoms with Gasteiger partial charge in [0, 0.05) is 6.20 Å². The molecule has 0 aromatic rings. The van der Waals surface area contributed by atoms with Crippen LogP contribution in [0.15, 0.2) is 12.3 Å². The molecule has 0 aliphatic carbocycles. The van der Waals surface area contributed by atoms with Gasteiger partial charge in [0.05, 0.1) is 0 Å². The molecule has 0 aliphatic heterocycles. The molecule has 0 aliphatic rings. The molecule has 0 heterocycles. The topological polar surface area (TPSA) is 38.0 Å². The van der Waals surface area contributed by atoms with Crippen LogP contribution < -0.4 is 11.3 Å². The van der Waals surface area contributed by atoms with Crippen LogP contribution in [0.3, 0.4) is 0 Å². The fourth-order valence-corrected chi connectivity index (χ4v) is 0.0962. The Balaban J connectivity index is 2.62. The molecule has 0 aromatic carbocycles. The van der Waals surface area contributed by atoms with E-state index in [0.29, 0.717) is 0 Å². The van der Waals surface area contributed by atoms with Gasteiger partial charge in [-0.05, 0) is 6.92 Å². The summed E-state index contributed by atoms with van der Waals surface area (Å²) < 4.78 is 0. The second kappa shape index (κ2) is 3.50. The fraction of sp³-hybridized carbons (Fsp3) is 0.333. The number of nitrogens with two attached hydrogens (primary N) is 1. The van der Waals surface area contributed by atoms with E-state index in [1.807, 2.05) is 13.0 Å². The maximum atomic E-state index is 4.80. The summed E-state index contributed by atoms with van der Waals surface area (Å²) in [5.41, 5.74) is 2.34. The molecule has 3 N–H and O–H groups in total. The summed E-state index contributed by atoms with van der Waals surface area (Å²) in [6.07, 6.45) is 3.47. The van der Waals surface area contributed by atoms with Crippen molar-refractivity contribution in [2.45, 2.75) is 6.92 Å². The van der Waals surface area contributed by atoms with Crippen LogP contribution in [0.25, 0.3) is 0 Å². The third-order valence-corrected chi connectivity index (χ3v) is 0.263. The van der Waals surface area contributed by atoms with Crippen molar-refractivity contribution in [2.75, 3.05) is 0 Å². The standard InChI is InChI=1S/C3H8N2/c1-2-3-5-4/h2-3,5H,4H2,1H3/b3-2+. The second-order valence-corrected chi connectivity index (χ2v) is 0.667. The lowest BCUT2D eigenvalue weighted by atomic mass is 10.7. The zero-order valence-corrected chi connectivity index (χ0v) is 3.23. The number of rotatable bonds is 1. The summed E-state index contributed by atoms with van der Waals surface area (Å²) in [4.78, 5) is 0. The van der Waals surface area contributed by atoms with Crippen LogP contribution in [0.5, 0.6) is 0 Å². The van der Waals surface area contributed by atoms with Crippen molar-refractivity contribution in [3.63, 3.8) is 0 Å². The lowest BCUT2D eigenvalue weighted by molar-refractivity contribution is 0.965. The Labute approximate surface area is 31.6 Å². The Kier molecular flexibility index (Phi) is 3.15. The summed E-state index contributed by atoms with van der Waals surface area (Å²) in [5, 5.41) is 0. The molecule has 0 amide bonds. The zero-order chi connectivity index (χ0) is 4.12. The van der Waals surface area contributed by atoms with Crippen molar-refractivity contribution < 1.29 is 0 Å². The highest BCUT2D eigenvalue weighted by Gasteiger charge is 1.45. The molecule has 0 rings (SSSR count). The first-order valence-corrected chi connectivity index (χ1v) is 1.49. The van der Waals surface area contributed by atoms with Gasteiger partial charge in [0.2, 0.25) is 0 Å². The maximum absolute atomic E-state index is 4.80. The molecule has 0 saturated carbocycles. The summed E-state index contributed by atoms with van der Waals surface area (Å²) in [6.45, 7) is 1.89. The van der Waals surface area contributed by atoms with Gasteiger partial charge in [-0.2, -0.15) is 0 Å². The van der Waals surface area contributed by atoms with Gasteiger partial charge in [-0.3, -0.25) is 5.84 Å². The average molecular weight is 72.1 g/mol. The van der Waals surface area contributed by atoms with E-state index in [9.17, 15) is 0 Å². The van der Waals surface area contributed by atoms with Crippen LogP contribution in [0.1, 0.15) is 6.92 Å². The molecule has 0 spiro atoms. The van der Waals surface area contributed by atoms with E-state index >= 15 is 0 Å². The molecule has 0 aromatic heterocycles. The first kappa shape index (κ1) is 4.50. The lowest BCUT2D eigenvalue weighted by Gasteiger charge is -1.76. The molecule has 30 valence electrons. The molecule has 0 atom stereocenters. The Morgan fingerprint density at radius 3 is 2.40 bits per heavy atom. The normalized spacial score (nSPS) is 9.20. The van der Waals surface area contributed by atoms with Crippen LogP contribution in [0.4, 0.5) is 0 Å². The van der Waals surface area contributed by atoms with Crippen LogP contribution >= 0.6 is 0 Å². The minimum absolute atomic E-state index is 1.65. The van der Waals surface area contributed by atoms with Gasteiger partial charge in [-0.25, -0.2) is 0 Å². The number of hydrazine groups is 1. The van der Waals surface area contributed by atoms with Gasteiger partial charge >= 0.3 is 0 Å². The number of allylic oxidation sites excluding steroid dienone is 1. The summed E-state index contributed by atoms with van der Waals surface area (Å²) in [7, 11) is 0. The van der Waals surface area contributed by atoms with Gasteiger partial charge in [0.25, 0.3) is 0 Å². The van der Waals surface area contributed by atoms with Gasteiger partial charge < -0.3 is 5.43 Å². The third-order valence-electron chi connectivity index (χ3n) is 0.263. The Morgan fingerprint density at radius 2 is 2.40 bits per heavy atom. The van der Waals surface area contributed by atoms with Crippen molar-refractivity contribution in [1.82, 2.24) is 5.43 Å². The van der Waals surface area contributed by atoms with Crippen LogP contribution in [-0.4, -0.2) is 0 Å². The quantitative estimate of drug-likeness (QED) is 0.337. The molecule has 0 fully saturated rings. The Hall–Kier alpha value is -0.500. The van der Waals surface area contributed by atoms with E-state index in [1.165, 1.54) is 0 Å². The van der Waals surface area contributed by atoms with Crippen molar-refractivity contribution in [2.24, 2.45) is 5.84 Å². The predicted molar refractivity (Wildman–Crippen MR) is 22.1 cm³/mol. The smallest absolute Gasteiger partial charge is 0.00798 e. The van der Waals surface area contributed by atoms with E-state index in [-0.39, 0.29) is 0 Å². The minimum atomic E-state index is 1.65. The molecule has 0 saturated heterocycles. The molecule has 0 radical (unpaired) electrons. The van der Waals surface area contributed by atoms with E-state index in [1.54, 1.807) is 6.20 Å². The van der Waals surface area contributed by atoms with Crippen molar-refractivity contribution >= 4 is 0 Å². The Bertz CT molecular complexity index is 31.9. The molecule has 2 heteroatoms. The molecular formula is C3H8N2. The van der Waals surface area contributed by atoms with Crippen LogP contribution in [0, 0.1) is 0 Å². The molecular weight excluding hydrogens is 64.0 g/mol. The van der Waals surface area contributed by atoms with Gasteiger partial charge in [0.15, 0.2) is 0 Å². The van der Waals surface area contributed by atoms with E-state index in [2.05, 4.69) is 5.43 Å². The SMILES string of the molecule is C/C=C/NN. The number of hydrogen-bond acceptors (Lipinski definition) is 2. The highest BCUT2D eigenvalue weighted by Crippen LogP contribution is 1.51. The second-order valence-electron chi connectivity index (χ2n) is 0.667. The lowest BCUT2D eigenvalue weighted by Crippen LogP contribution is -2.12. The maximum Gasteiger partial charge on any atom is 0.00798 e. The third kappa shape index (κ3) is 3.50. The van der Waals surface area contributed by atoms with Gasteiger partial charge in [-0.15, -0.1) is 0 Å². The first-order valence-electron chi connectivity index (χ1n) is 1.49. The predicted octanol–water partition coefficient (Wildman–Crippen LogP) is -0.0167. The summed E-state index contributed by atoms with van der Waals surface area (Å²) in [5.74, 6) is 4.80. The van der Waals surface area contributed by atoms with E-state index < -0.39 is 0 Å².